The van der Waals surface area contributed by atoms with Gasteiger partial charge in [0.15, 0.2) is 11.5 Å². The summed E-state index contributed by atoms with van der Waals surface area (Å²) in [5, 5.41) is 5.77. The smallest absolute Gasteiger partial charge is 0.313 e. The van der Waals surface area contributed by atoms with Crippen molar-refractivity contribution in [1.82, 2.24) is 10.2 Å². The number of benzene rings is 2. The first kappa shape index (κ1) is 20.5. The van der Waals surface area contributed by atoms with E-state index in [0.29, 0.717) is 35.4 Å². The maximum Gasteiger partial charge on any atom is 0.313 e. The largest absolute Gasteiger partial charge is 0.454 e. The van der Waals surface area contributed by atoms with Gasteiger partial charge in [-0.2, -0.15) is 0 Å². The molecule has 8 nitrogen and oxygen atoms in total. The lowest BCUT2D eigenvalue weighted by Gasteiger charge is -2.34. The lowest BCUT2D eigenvalue weighted by atomic mass is 10.0. The SMILES string of the molecule is O=C(NC[C@H](c1ccc2c(c1)OCO2)N1CCOCC1)C(=O)Nc1cccc(Cl)c1. The third-order valence-corrected chi connectivity index (χ3v) is 5.25. The van der Waals surface area contributed by atoms with Crippen LogP contribution < -0.4 is 20.1 Å². The quantitative estimate of drug-likeness (QED) is 0.705. The number of nitrogens with zero attached hydrogens (tertiary/aromatic N) is 1. The molecular formula is C21H22ClN3O5. The van der Waals surface area contributed by atoms with Crippen molar-refractivity contribution < 1.29 is 23.8 Å². The Bertz CT molecular complexity index is 933. The van der Waals surface area contributed by atoms with Crippen molar-refractivity contribution in [1.29, 1.82) is 0 Å². The summed E-state index contributed by atoms with van der Waals surface area (Å²) in [6, 6.07) is 12.2. The number of hydrogen-bond acceptors (Lipinski definition) is 6. The summed E-state index contributed by atoms with van der Waals surface area (Å²) >= 11 is 5.92. The number of morpholine rings is 1. The summed E-state index contributed by atoms with van der Waals surface area (Å²) in [4.78, 5) is 26.9. The first-order chi connectivity index (χ1) is 14.6. The zero-order valence-electron chi connectivity index (χ0n) is 16.2. The predicted octanol–water partition coefficient (Wildman–Crippen LogP) is 2.20. The summed E-state index contributed by atoms with van der Waals surface area (Å²) in [7, 11) is 0. The Morgan fingerprint density at radius 2 is 1.83 bits per heavy atom. The Morgan fingerprint density at radius 1 is 1.03 bits per heavy atom. The second-order valence-corrected chi connectivity index (χ2v) is 7.39. The second kappa shape index (κ2) is 9.34. The average molecular weight is 432 g/mol. The molecule has 2 aliphatic rings. The average Bonchev–Trinajstić information content (AvgIpc) is 3.22. The summed E-state index contributed by atoms with van der Waals surface area (Å²) in [5.74, 6) is -0.0853. The molecule has 0 saturated carbocycles. The van der Waals surface area contributed by atoms with Gasteiger partial charge >= 0.3 is 11.8 Å². The fourth-order valence-corrected chi connectivity index (χ4v) is 3.68. The van der Waals surface area contributed by atoms with E-state index in [1.165, 1.54) is 0 Å². The molecule has 30 heavy (non-hydrogen) atoms. The fraction of sp³-hybridized carbons (Fsp3) is 0.333. The van der Waals surface area contributed by atoms with Gasteiger partial charge in [0.1, 0.15) is 0 Å². The zero-order valence-corrected chi connectivity index (χ0v) is 17.0. The minimum absolute atomic E-state index is 0.133. The van der Waals surface area contributed by atoms with Crippen LogP contribution in [-0.2, 0) is 14.3 Å². The van der Waals surface area contributed by atoms with E-state index < -0.39 is 11.8 Å². The summed E-state index contributed by atoms with van der Waals surface area (Å²) < 4.78 is 16.3. The molecule has 1 atom stereocenters. The highest BCUT2D eigenvalue weighted by Gasteiger charge is 2.26. The molecule has 2 heterocycles. The van der Waals surface area contributed by atoms with E-state index in [9.17, 15) is 9.59 Å². The standard InChI is InChI=1S/C21H22ClN3O5/c22-15-2-1-3-16(11-15)24-21(27)20(26)23-12-17(25-6-8-28-9-7-25)14-4-5-18-19(10-14)30-13-29-18/h1-5,10-11,17H,6-9,12-13H2,(H,23,26)(H,24,27)/t17-/m1/s1. The van der Waals surface area contributed by atoms with Gasteiger partial charge < -0.3 is 24.8 Å². The van der Waals surface area contributed by atoms with E-state index in [1.54, 1.807) is 24.3 Å². The highest BCUT2D eigenvalue weighted by molar-refractivity contribution is 6.39. The van der Waals surface area contributed by atoms with Crippen LogP contribution in [0.5, 0.6) is 11.5 Å². The van der Waals surface area contributed by atoms with Crippen LogP contribution in [0.1, 0.15) is 11.6 Å². The number of halogens is 1. The van der Waals surface area contributed by atoms with Crippen LogP contribution in [0.3, 0.4) is 0 Å². The highest BCUT2D eigenvalue weighted by Crippen LogP contribution is 2.35. The van der Waals surface area contributed by atoms with E-state index in [0.717, 1.165) is 18.7 Å². The molecule has 2 aliphatic heterocycles. The van der Waals surface area contributed by atoms with Crippen LogP contribution in [0.4, 0.5) is 5.69 Å². The van der Waals surface area contributed by atoms with Gasteiger partial charge in [0.25, 0.3) is 0 Å². The number of amides is 2. The molecule has 1 fully saturated rings. The van der Waals surface area contributed by atoms with Crippen molar-refractivity contribution in [3.63, 3.8) is 0 Å². The van der Waals surface area contributed by atoms with Crippen molar-refractivity contribution in [3.05, 3.63) is 53.1 Å². The van der Waals surface area contributed by atoms with Crippen LogP contribution in [0.15, 0.2) is 42.5 Å². The van der Waals surface area contributed by atoms with Crippen LogP contribution in [0.25, 0.3) is 0 Å². The maximum absolute atomic E-state index is 12.4. The molecule has 0 aromatic heterocycles. The molecular weight excluding hydrogens is 410 g/mol. The highest BCUT2D eigenvalue weighted by atomic mass is 35.5. The Hall–Kier alpha value is -2.81. The summed E-state index contributed by atoms with van der Waals surface area (Å²) in [5.41, 5.74) is 1.43. The Morgan fingerprint density at radius 3 is 2.63 bits per heavy atom. The minimum atomic E-state index is -0.747. The van der Waals surface area contributed by atoms with Gasteiger partial charge in [0.05, 0.1) is 19.3 Å². The number of carbonyl (C=O) groups is 2. The molecule has 0 bridgehead atoms. The van der Waals surface area contributed by atoms with E-state index in [1.807, 2.05) is 18.2 Å². The molecule has 2 aromatic rings. The summed E-state index contributed by atoms with van der Waals surface area (Å²) in [6.45, 7) is 3.14. The lowest BCUT2D eigenvalue weighted by molar-refractivity contribution is -0.136. The number of nitrogens with one attached hydrogen (secondary N) is 2. The van der Waals surface area contributed by atoms with Gasteiger partial charge in [0, 0.05) is 30.3 Å². The van der Waals surface area contributed by atoms with Crippen LogP contribution in [0.2, 0.25) is 5.02 Å². The molecule has 2 N–H and O–H groups in total. The van der Waals surface area contributed by atoms with Gasteiger partial charge in [-0.05, 0) is 35.9 Å². The number of hydrogen-bond donors (Lipinski definition) is 2. The van der Waals surface area contributed by atoms with E-state index >= 15 is 0 Å². The number of carbonyl (C=O) groups excluding carboxylic acids is 2. The van der Waals surface area contributed by atoms with Crippen LogP contribution in [-0.4, -0.2) is 56.4 Å². The summed E-state index contributed by atoms with van der Waals surface area (Å²) in [6.07, 6.45) is 0. The van der Waals surface area contributed by atoms with Gasteiger partial charge in [-0.1, -0.05) is 23.7 Å². The molecule has 158 valence electrons. The van der Waals surface area contributed by atoms with Gasteiger partial charge in [-0.3, -0.25) is 14.5 Å². The van der Waals surface area contributed by atoms with E-state index in [-0.39, 0.29) is 19.4 Å². The van der Waals surface area contributed by atoms with Crippen LogP contribution >= 0.6 is 11.6 Å². The minimum Gasteiger partial charge on any atom is -0.454 e. The Balaban J connectivity index is 1.43. The molecule has 2 amide bonds. The van der Waals surface area contributed by atoms with Crippen LogP contribution in [0, 0.1) is 0 Å². The molecule has 0 radical (unpaired) electrons. The molecule has 0 unspecified atom stereocenters. The van der Waals surface area contributed by atoms with Crippen molar-refractivity contribution in [2.75, 3.05) is 45.0 Å². The zero-order chi connectivity index (χ0) is 20.9. The van der Waals surface area contributed by atoms with Crippen molar-refractivity contribution >= 4 is 29.1 Å². The Kier molecular flexibility index (Phi) is 6.37. The predicted molar refractivity (Wildman–Crippen MR) is 111 cm³/mol. The van der Waals surface area contributed by atoms with Crippen molar-refractivity contribution in [2.45, 2.75) is 6.04 Å². The second-order valence-electron chi connectivity index (χ2n) is 6.95. The molecule has 4 rings (SSSR count). The number of ether oxygens (including phenoxy) is 3. The van der Waals surface area contributed by atoms with Gasteiger partial charge in [-0.15, -0.1) is 0 Å². The number of fused-ring (bicyclic) bond motifs is 1. The monoisotopic (exact) mass is 431 g/mol. The first-order valence-electron chi connectivity index (χ1n) is 9.66. The van der Waals surface area contributed by atoms with Gasteiger partial charge in [0.2, 0.25) is 6.79 Å². The lowest BCUT2D eigenvalue weighted by Crippen LogP contribution is -2.45. The molecule has 0 aliphatic carbocycles. The van der Waals surface area contributed by atoms with Gasteiger partial charge in [-0.25, -0.2) is 0 Å². The third-order valence-electron chi connectivity index (χ3n) is 5.01. The van der Waals surface area contributed by atoms with E-state index in [2.05, 4.69) is 15.5 Å². The maximum atomic E-state index is 12.4. The van der Waals surface area contributed by atoms with E-state index in [4.69, 9.17) is 25.8 Å². The topological polar surface area (TPSA) is 89.1 Å². The molecule has 0 spiro atoms. The normalized spacial score (nSPS) is 16.7. The third kappa shape index (κ3) is 4.84. The first-order valence-corrected chi connectivity index (χ1v) is 10.0. The molecule has 1 saturated heterocycles. The molecule has 9 heteroatoms. The van der Waals surface area contributed by atoms with Crippen molar-refractivity contribution in [3.8, 4) is 11.5 Å². The Labute approximate surface area is 179 Å². The number of rotatable bonds is 5. The molecule has 2 aromatic carbocycles. The van der Waals surface area contributed by atoms with Crippen molar-refractivity contribution in [2.24, 2.45) is 0 Å². The fourth-order valence-electron chi connectivity index (χ4n) is 3.49. The number of anilines is 1.